The Balaban J connectivity index is 1.61. The summed E-state index contributed by atoms with van der Waals surface area (Å²) in [5, 5.41) is 16.8. The lowest BCUT2D eigenvalue weighted by Gasteiger charge is -2.37. The number of fused-ring (bicyclic) bond motifs is 1. The van der Waals surface area contributed by atoms with Crippen molar-refractivity contribution in [2.75, 3.05) is 19.6 Å². The summed E-state index contributed by atoms with van der Waals surface area (Å²) in [7, 11) is 0. The fourth-order valence-corrected chi connectivity index (χ4v) is 3.08. The van der Waals surface area contributed by atoms with Crippen LogP contribution in [-0.2, 0) is 17.9 Å². The zero-order chi connectivity index (χ0) is 14.8. The third-order valence-electron chi connectivity index (χ3n) is 4.16. The van der Waals surface area contributed by atoms with Crippen LogP contribution in [0.5, 0.6) is 0 Å². The molecule has 8 heteroatoms. The topological polar surface area (TPSA) is 91.6 Å². The van der Waals surface area contributed by atoms with Crippen molar-refractivity contribution >= 4 is 12.0 Å². The van der Waals surface area contributed by atoms with Crippen LogP contribution < -0.4 is 0 Å². The smallest absolute Gasteiger partial charge is 0.320 e. The maximum Gasteiger partial charge on any atom is 0.320 e. The van der Waals surface area contributed by atoms with E-state index in [4.69, 9.17) is 5.11 Å². The van der Waals surface area contributed by atoms with Crippen molar-refractivity contribution in [3.8, 4) is 0 Å². The normalized spacial score (nSPS) is 22.0. The first-order valence-corrected chi connectivity index (χ1v) is 7.26. The minimum absolute atomic E-state index is 0.0145. The molecular weight excluding hydrogens is 274 g/mol. The molecule has 1 saturated heterocycles. The number of carbonyl (C=O) groups is 2. The summed E-state index contributed by atoms with van der Waals surface area (Å²) in [6, 6.07) is -0.0145. The highest BCUT2D eigenvalue weighted by Gasteiger charge is 2.30. The van der Waals surface area contributed by atoms with Crippen molar-refractivity contribution in [1.29, 1.82) is 0 Å². The lowest BCUT2D eigenvalue weighted by atomic mass is 9.95. The van der Waals surface area contributed by atoms with Gasteiger partial charge >= 0.3 is 12.0 Å². The minimum Gasteiger partial charge on any atom is -0.481 e. The molecule has 0 bridgehead atoms. The molecule has 0 aliphatic carbocycles. The van der Waals surface area contributed by atoms with E-state index < -0.39 is 5.97 Å². The molecule has 3 rings (SSSR count). The van der Waals surface area contributed by atoms with E-state index >= 15 is 0 Å². The summed E-state index contributed by atoms with van der Waals surface area (Å²) in [6.07, 6.45) is 3.57. The number of carboxylic acids is 1. The lowest BCUT2D eigenvalue weighted by Crippen LogP contribution is -2.49. The van der Waals surface area contributed by atoms with Gasteiger partial charge in [0.2, 0.25) is 0 Å². The Morgan fingerprint density at radius 1 is 1.29 bits per heavy atom. The average Bonchev–Trinajstić information content (AvgIpc) is 2.93. The largest absolute Gasteiger partial charge is 0.481 e. The number of likely N-dealkylation sites (tertiary alicyclic amines) is 1. The number of amides is 2. The number of hydrogen-bond donors (Lipinski definition) is 1. The van der Waals surface area contributed by atoms with Gasteiger partial charge in [0.15, 0.2) is 5.82 Å². The molecule has 1 unspecified atom stereocenters. The molecule has 0 aromatic carbocycles. The number of aromatic nitrogens is 3. The first-order valence-electron chi connectivity index (χ1n) is 7.26. The molecule has 21 heavy (non-hydrogen) atoms. The van der Waals surface area contributed by atoms with Gasteiger partial charge in [0, 0.05) is 32.6 Å². The third-order valence-corrected chi connectivity index (χ3v) is 4.16. The van der Waals surface area contributed by atoms with Gasteiger partial charge in [-0.3, -0.25) is 4.79 Å². The number of rotatable bonds is 2. The van der Waals surface area contributed by atoms with Gasteiger partial charge in [-0.15, -0.1) is 10.2 Å². The standard InChI is InChI=1S/C13H19N5O3/c19-12(20)6-10-2-1-3-16(7-10)13(21)17-4-5-18-9-14-15-11(18)8-17/h9-10H,1-8H2,(H,19,20). The van der Waals surface area contributed by atoms with Gasteiger partial charge in [-0.2, -0.15) is 0 Å². The van der Waals surface area contributed by atoms with E-state index in [2.05, 4.69) is 10.2 Å². The molecule has 1 aromatic rings. The van der Waals surface area contributed by atoms with Crippen LogP contribution in [0.1, 0.15) is 25.1 Å². The van der Waals surface area contributed by atoms with Crippen LogP contribution in [-0.4, -0.2) is 61.3 Å². The van der Waals surface area contributed by atoms with Gasteiger partial charge in [0.25, 0.3) is 0 Å². The highest BCUT2D eigenvalue weighted by molar-refractivity contribution is 5.75. The van der Waals surface area contributed by atoms with E-state index in [9.17, 15) is 9.59 Å². The third kappa shape index (κ3) is 2.98. The van der Waals surface area contributed by atoms with E-state index in [1.807, 2.05) is 4.57 Å². The van der Waals surface area contributed by atoms with Crippen LogP contribution in [0, 0.1) is 5.92 Å². The molecule has 0 saturated carbocycles. The highest BCUT2D eigenvalue weighted by atomic mass is 16.4. The minimum atomic E-state index is -0.791. The van der Waals surface area contributed by atoms with Crippen LogP contribution >= 0.6 is 0 Å². The van der Waals surface area contributed by atoms with E-state index in [0.717, 1.165) is 18.7 Å². The molecular formula is C13H19N5O3. The number of hydrogen-bond acceptors (Lipinski definition) is 4. The van der Waals surface area contributed by atoms with Gasteiger partial charge < -0.3 is 19.5 Å². The Morgan fingerprint density at radius 3 is 2.95 bits per heavy atom. The van der Waals surface area contributed by atoms with Crippen LogP contribution in [0.25, 0.3) is 0 Å². The van der Waals surface area contributed by atoms with Crippen molar-refractivity contribution < 1.29 is 14.7 Å². The Labute approximate surface area is 122 Å². The Kier molecular flexibility index (Phi) is 3.76. The second-order valence-electron chi connectivity index (χ2n) is 5.70. The number of urea groups is 1. The quantitative estimate of drug-likeness (QED) is 0.852. The molecule has 2 amide bonds. The zero-order valence-electron chi connectivity index (χ0n) is 11.8. The van der Waals surface area contributed by atoms with Gasteiger partial charge in [0.1, 0.15) is 6.33 Å². The predicted octanol–water partition coefficient (Wildman–Crippen LogP) is 0.400. The first kappa shape index (κ1) is 13.8. The molecule has 1 atom stereocenters. The Bertz CT molecular complexity index is 544. The summed E-state index contributed by atoms with van der Waals surface area (Å²) in [4.78, 5) is 26.9. The number of carboxylic acid groups (broad SMARTS) is 1. The van der Waals surface area contributed by atoms with Crippen LogP contribution in [0.2, 0.25) is 0 Å². The maximum absolute atomic E-state index is 12.6. The summed E-state index contributed by atoms with van der Waals surface area (Å²) in [5.74, 6) is 0.0720. The molecule has 2 aliphatic heterocycles. The summed E-state index contributed by atoms with van der Waals surface area (Å²) in [5.41, 5.74) is 0. The fraction of sp³-hybridized carbons (Fsp3) is 0.692. The van der Waals surface area contributed by atoms with Gasteiger partial charge in [-0.25, -0.2) is 4.79 Å². The summed E-state index contributed by atoms with van der Waals surface area (Å²) in [6.45, 7) is 3.07. The van der Waals surface area contributed by atoms with Gasteiger partial charge in [-0.05, 0) is 18.8 Å². The molecule has 1 N–H and O–H groups in total. The second-order valence-corrected chi connectivity index (χ2v) is 5.70. The molecule has 8 nitrogen and oxygen atoms in total. The SMILES string of the molecule is O=C(O)CC1CCCN(C(=O)N2CCn3cnnc3C2)C1. The number of carbonyl (C=O) groups excluding carboxylic acids is 1. The average molecular weight is 293 g/mol. The Hall–Kier alpha value is -2.12. The maximum atomic E-state index is 12.6. The highest BCUT2D eigenvalue weighted by Crippen LogP contribution is 2.21. The predicted molar refractivity (Wildman–Crippen MR) is 72.4 cm³/mol. The molecule has 0 radical (unpaired) electrons. The van der Waals surface area contributed by atoms with Crippen molar-refractivity contribution in [1.82, 2.24) is 24.6 Å². The van der Waals surface area contributed by atoms with E-state index in [-0.39, 0.29) is 18.4 Å². The van der Waals surface area contributed by atoms with Crippen LogP contribution in [0.4, 0.5) is 4.79 Å². The zero-order valence-corrected chi connectivity index (χ0v) is 11.8. The number of piperidine rings is 1. The summed E-state index contributed by atoms with van der Waals surface area (Å²) >= 11 is 0. The van der Waals surface area contributed by atoms with E-state index in [1.54, 1.807) is 16.1 Å². The second kappa shape index (κ2) is 5.71. The van der Waals surface area contributed by atoms with Crippen LogP contribution in [0.3, 0.4) is 0 Å². The van der Waals surface area contributed by atoms with Crippen molar-refractivity contribution in [3.63, 3.8) is 0 Å². The molecule has 114 valence electrons. The van der Waals surface area contributed by atoms with Crippen molar-refractivity contribution in [2.45, 2.75) is 32.4 Å². The molecule has 2 aliphatic rings. The molecule has 0 spiro atoms. The van der Waals surface area contributed by atoms with Crippen LogP contribution in [0.15, 0.2) is 6.33 Å². The van der Waals surface area contributed by atoms with E-state index in [1.165, 1.54) is 0 Å². The van der Waals surface area contributed by atoms with Gasteiger partial charge in [-0.1, -0.05) is 0 Å². The van der Waals surface area contributed by atoms with Gasteiger partial charge in [0.05, 0.1) is 6.54 Å². The molecule has 3 heterocycles. The molecule has 1 fully saturated rings. The van der Waals surface area contributed by atoms with E-state index in [0.29, 0.717) is 32.7 Å². The fourth-order valence-electron chi connectivity index (χ4n) is 3.08. The lowest BCUT2D eigenvalue weighted by molar-refractivity contribution is -0.138. The van der Waals surface area contributed by atoms with Crippen molar-refractivity contribution in [2.24, 2.45) is 5.92 Å². The molecule has 1 aromatic heterocycles. The number of aliphatic carboxylic acids is 1. The number of nitrogens with zero attached hydrogens (tertiary/aromatic N) is 5. The first-order chi connectivity index (χ1) is 10.1. The Morgan fingerprint density at radius 2 is 2.14 bits per heavy atom. The summed E-state index contributed by atoms with van der Waals surface area (Å²) < 4.78 is 1.95. The van der Waals surface area contributed by atoms with Crippen molar-refractivity contribution in [3.05, 3.63) is 12.2 Å². The monoisotopic (exact) mass is 293 g/mol.